The van der Waals surface area contributed by atoms with Crippen molar-refractivity contribution in [1.82, 2.24) is 0 Å². The number of hydrogen-bond acceptors (Lipinski definition) is 0. The minimum absolute atomic E-state index is 0.208. The Balaban J connectivity index is 2.88. The number of hydrogen-bond donors (Lipinski definition) is 0. The van der Waals surface area contributed by atoms with Crippen molar-refractivity contribution in [2.24, 2.45) is 0 Å². The van der Waals surface area contributed by atoms with Crippen molar-refractivity contribution in [1.29, 1.82) is 0 Å². The zero-order chi connectivity index (χ0) is 10.6. The minimum atomic E-state index is -0.307. The summed E-state index contributed by atoms with van der Waals surface area (Å²) in [5, 5.41) is 0.208. The van der Waals surface area contributed by atoms with Gasteiger partial charge in [-0.15, -0.1) is 0 Å². The van der Waals surface area contributed by atoms with E-state index in [9.17, 15) is 4.39 Å². The van der Waals surface area contributed by atoms with E-state index in [1.165, 1.54) is 0 Å². The van der Waals surface area contributed by atoms with E-state index in [0.29, 0.717) is 5.92 Å². The third-order valence-electron chi connectivity index (χ3n) is 2.54. The Labute approximate surface area is 90.1 Å². The van der Waals surface area contributed by atoms with Crippen molar-refractivity contribution in [2.75, 3.05) is 0 Å². The SMILES string of the molecule is CCCC(CC)c1ccc(Cl)c(F)c1. The largest absolute Gasteiger partial charge is 0.205 e. The molecule has 0 radical (unpaired) electrons. The Hall–Kier alpha value is -0.560. The molecule has 0 saturated carbocycles. The van der Waals surface area contributed by atoms with Crippen LogP contribution in [0.25, 0.3) is 0 Å². The average Bonchev–Trinajstić information content (AvgIpc) is 2.19. The van der Waals surface area contributed by atoms with Crippen molar-refractivity contribution < 1.29 is 4.39 Å². The summed E-state index contributed by atoms with van der Waals surface area (Å²) >= 11 is 5.63. The molecule has 0 amide bonds. The fourth-order valence-electron chi connectivity index (χ4n) is 1.72. The second-order valence-electron chi connectivity index (χ2n) is 3.57. The van der Waals surface area contributed by atoms with Gasteiger partial charge in [0.1, 0.15) is 5.82 Å². The maximum Gasteiger partial charge on any atom is 0.142 e. The van der Waals surface area contributed by atoms with Gasteiger partial charge < -0.3 is 0 Å². The average molecular weight is 215 g/mol. The van der Waals surface area contributed by atoms with E-state index in [0.717, 1.165) is 24.8 Å². The van der Waals surface area contributed by atoms with Crippen LogP contribution in [-0.2, 0) is 0 Å². The molecule has 0 fully saturated rings. The van der Waals surface area contributed by atoms with Crippen molar-refractivity contribution >= 4 is 11.6 Å². The minimum Gasteiger partial charge on any atom is -0.205 e. The molecule has 1 aromatic carbocycles. The molecule has 0 bridgehead atoms. The number of benzene rings is 1. The molecular weight excluding hydrogens is 199 g/mol. The summed E-state index contributed by atoms with van der Waals surface area (Å²) in [4.78, 5) is 0. The lowest BCUT2D eigenvalue weighted by molar-refractivity contribution is 0.581. The standard InChI is InChI=1S/C12H16ClF/c1-3-5-9(4-2)10-6-7-11(13)12(14)8-10/h6-9H,3-5H2,1-2H3. The highest BCUT2D eigenvalue weighted by Gasteiger charge is 2.10. The van der Waals surface area contributed by atoms with Gasteiger partial charge in [-0.1, -0.05) is 37.9 Å². The summed E-state index contributed by atoms with van der Waals surface area (Å²) in [6.07, 6.45) is 3.29. The number of rotatable bonds is 4. The van der Waals surface area contributed by atoms with Gasteiger partial charge in [-0.25, -0.2) is 4.39 Å². The van der Waals surface area contributed by atoms with Crippen molar-refractivity contribution in [3.63, 3.8) is 0 Å². The van der Waals surface area contributed by atoms with E-state index < -0.39 is 0 Å². The molecule has 0 heterocycles. The molecule has 14 heavy (non-hydrogen) atoms. The first-order valence-corrected chi connectivity index (χ1v) is 5.51. The molecule has 0 aliphatic heterocycles. The highest BCUT2D eigenvalue weighted by atomic mass is 35.5. The molecule has 0 nitrogen and oxygen atoms in total. The third kappa shape index (κ3) is 2.71. The molecule has 0 aliphatic rings. The molecule has 1 atom stereocenters. The van der Waals surface area contributed by atoms with Gasteiger partial charge in [-0.2, -0.15) is 0 Å². The van der Waals surface area contributed by atoms with E-state index >= 15 is 0 Å². The molecule has 2 heteroatoms. The summed E-state index contributed by atoms with van der Waals surface area (Å²) < 4.78 is 13.2. The summed E-state index contributed by atoms with van der Waals surface area (Å²) in [5.41, 5.74) is 1.07. The van der Waals surface area contributed by atoms with Crippen LogP contribution in [0.15, 0.2) is 18.2 Å². The Morgan fingerprint density at radius 2 is 2.07 bits per heavy atom. The fraction of sp³-hybridized carbons (Fsp3) is 0.500. The smallest absolute Gasteiger partial charge is 0.142 e. The van der Waals surface area contributed by atoms with Gasteiger partial charge >= 0.3 is 0 Å². The zero-order valence-electron chi connectivity index (χ0n) is 8.69. The monoisotopic (exact) mass is 214 g/mol. The molecule has 0 aliphatic carbocycles. The summed E-state index contributed by atoms with van der Waals surface area (Å²) in [7, 11) is 0. The molecule has 0 aromatic heterocycles. The van der Waals surface area contributed by atoms with E-state index in [4.69, 9.17) is 11.6 Å². The maximum absolute atomic E-state index is 13.2. The van der Waals surface area contributed by atoms with Crippen LogP contribution >= 0.6 is 11.6 Å². The van der Waals surface area contributed by atoms with Crippen LogP contribution in [0.3, 0.4) is 0 Å². The van der Waals surface area contributed by atoms with Gasteiger partial charge in [0.25, 0.3) is 0 Å². The van der Waals surface area contributed by atoms with Gasteiger partial charge in [0.2, 0.25) is 0 Å². The van der Waals surface area contributed by atoms with E-state index in [-0.39, 0.29) is 10.8 Å². The highest BCUT2D eigenvalue weighted by molar-refractivity contribution is 6.30. The van der Waals surface area contributed by atoms with E-state index in [2.05, 4.69) is 13.8 Å². The molecule has 0 N–H and O–H groups in total. The van der Waals surface area contributed by atoms with Gasteiger partial charge in [0, 0.05) is 0 Å². The molecule has 1 rings (SSSR count). The van der Waals surface area contributed by atoms with Crippen LogP contribution < -0.4 is 0 Å². The lowest BCUT2D eigenvalue weighted by atomic mass is 9.92. The van der Waals surface area contributed by atoms with Crippen LogP contribution in [0.2, 0.25) is 5.02 Å². The quantitative estimate of drug-likeness (QED) is 0.677. The molecule has 0 spiro atoms. The van der Waals surface area contributed by atoms with Crippen LogP contribution in [0, 0.1) is 5.82 Å². The van der Waals surface area contributed by atoms with E-state index in [1.54, 1.807) is 12.1 Å². The first-order valence-electron chi connectivity index (χ1n) is 5.14. The van der Waals surface area contributed by atoms with Crippen molar-refractivity contribution in [3.8, 4) is 0 Å². The Morgan fingerprint density at radius 1 is 1.36 bits per heavy atom. The number of halogens is 2. The predicted octanol–water partition coefficient (Wildman–Crippen LogP) is 4.77. The van der Waals surface area contributed by atoms with Crippen LogP contribution in [-0.4, -0.2) is 0 Å². The zero-order valence-corrected chi connectivity index (χ0v) is 9.44. The van der Waals surface area contributed by atoms with Crippen LogP contribution in [0.5, 0.6) is 0 Å². The van der Waals surface area contributed by atoms with Gasteiger partial charge in [0.05, 0.1) is 5.02 Å². The maximum atomic E-state index is 13.2. The van der Waals surface area contributed by atoms with Crippen molar-refractivity contribution in [3.05, 3.63) is 34.6 Å². The lowest BCUT2D eigenvalue weighted by Crippen LogP contribution is -1.97. The second kappa shape index (κ2) is 5.35. The van der Waals surface area contributed by atoms with E-state index in [1.807, 2.05) is 6.07 Å². The normalized spacial score (nSPS) is 12.9. The Bertz CT molecular complexity index is 296. The fourth-order valence-corrected chi connectivity index (χ4v) is 1.84. The van der Waals surface area contributed by atoms with Crippen LogP contribution in [0.4, 0.5) is 4.39 Å². The first-order chi connectivity index (χ1) is 6.69. The topological polar surface area (TPSA) is 0 Å². The second-order valence-corrected chi connectivity index (χ2v) is 3.97. The Morgan fingerprint density at radius 3 is 2.57 bits per heavy atom. The van der Waals surface area contributed by atoms with Gasteiger partial charge in [0.15, 0.2) is 0 Å². The van der Waals surface area contributed by atoms with Gasteiger partial charge in [-0.05, 0) is 36.5 Å². The predicted molar refractivity (Wildman–Crippen MR) is 59.4 cm³/mol. The molecule has 0 saturated heterocycles. The summed E-state index contributed by atoms with van der Waals surface area (Å²) in [6, 6.07) is 5.13. The van der Waals surface area contributed by atoms with Crippen molar-refractivity contribution in [2.45, 2.75) is 39.0 Å². The lowest BCUT2D eigenvalue weighted by Gasteiger charge is -2.14. The Kier molecular flexibility index (Phi) is 4.40. The summed E-state index contributed by atoms with van der Waals surface area (Å²) in [5.74, 6) is 0.158. The highest BCUT2D eigenvalue weighted by Crippen LogP contribution is 2.27. The molecule has 1 aromatic rings. The van der Waals surface area contributed by atoms with Gasteiger partial charge in [-0.3, -0.25) is 0 Å². The molecule has 1 unspecified atom stereocenters. The molecular formula is C12H16ClF. The third-order valence-corrected chi connectivity index (χ3v) is 2.85. The summed E-state index contributed by atoms with van der Waals surface area (Å²) in [6.45, 7) is 4.28. The first kappa shape index (κ1) is 11.5. The molecule has 78 valence electrons. The van der Waals surface area contributed by atoms with Crippen LogP contribution in [0.1, 0.15) is 44.6 Å².